The fourth-order valence-corrected chi connectivity index (χ4v) is 6.09. The van der Waals surface area contributed by atoms with Crippen LogP contribution in [0.15, 0.2) is 56.8 Å². The van der Waals surface area contributed by atoms with Crippen LogP contribution in [0.4, 0.5) is 5.69 Å². The number of thiophene rings is 1. The number of carbonyl (C=O) groups excluding carboxylic acids is 1. The van der Waals surface area contributed by atoms with Gasteiger partial charge in [0.05, 0.1) is 27.0 Å². The number of carbonyl (C=O) groups is 1. The van der Waals surface area contributed by atoms with Gasteiger partial charge in [-0.3, -0.25) is 9.69 Å². The number of ketones is 1. The Bertz CT molecular complexity index is 1170. The van der Waals surface area contributed by atoms with Crippen molar-refractivity contribution in [1.29, 1.82) is 5.26 Å². The summed E-state index contributed by atoms with van der Waals surface area (Å²) in [4.78, 5) is 16.3. The van der Waals surface area contributed by atoms with Crippen molar-refractivity contribution in [2.24, 2.45) is 11.1 Å². The lowest BCUT2D eigenvalue weighted by Crippen LogP contribution is -2.42. The van der Waals surface area contributed by atoms with E-state index in [0.717, 1.165) is 25.6 Å². The van der Waals surface area contributed by atoms with Gasteiger partial charge in [0.25, 0.3) is 0 Å². The lowest BCUT2D eigenvalue weighted by molar-refractivity contribution is -0.118. The summed E-state index contributed by atoms with van der Waals surface area (Å²) in [5.41, 5.74) is 10.2. The molecule has 1 aromatic heterocycles. The molecule has 0 spiro atoms. The SMILES string of the molecule is Cc1ccc(Cl)cc1N1C(N)=C(C#N)C(c2ccc(Br)s2)C2=C1CC(C)(C)CC2=O. The lowest BCUT2D eigenvalue weighted by atomic mass is 9.69. The number of benzene rings is 1. The summed E-state index contributed by atoms with van der Waals surface area (Å²) >= 11 is 11.3. The highest BCUT2D eigenvalue weighted by Crippen LogP contribution is 2.51. The molecule has 1 aliphatic carbocycles. The highest BCUT2D eigenvalue weighted by molar-refractivity contribution is 9.11. The van der Waals surface area contributed by atoms with Crippen LogP contribution in [0.5, 0.6) is 0 Å². The molecule has 4 nitrogen and oxygen atoms in total. The van der Waals surface area contributed by atoms with Gasteiger partial charge in [-0.05, 0) is 64.5 Å². The van der Waals surface area contributed by atoms with Gasteiger partial charge in [0, 0.05) is 27.6 Å². The Labute approximate surface area is 193 Å². The van der Waals surface area contributed by atoms with E-state index >= 15 is 0 Å². The molecule has 154 valence electrons. The zero-order valence-electron chi connectivity index (χ0n) is 16.9. The van der Waals surface area contributed by atoms with Crippen molar-refractivity contribution in [2.45, 2.75) is 39.5 Å². The van der Waals surface area contributed by atoms with E-state index in [1.807, 2.05) is 42.2 Å². The van der Waals surface area contributed by atoms with Crippen LogP contribution in [0.2, 0.25) is 5.02 Å². The summed E-state index contributed by atoms with van der Waals surface area (Å²) in [6.07, 6.45) is 1.12. The van der Waals surface area contributed by atoms with E-state index in [4.69, 9.17) is 17.3 Å². The Morgan fingerprint density at radius 2 is 2.03 bits per heavy atom. The number of nitrogens with zero attached hydrogens (tertiary/aromatic N) is 2. The Morgan fingerprint density at radius 1 is 1.30 bits per heavy atom. The van der Waals surface area contributed by atoms with Crippen molar-refractivity contribution in [2.75, 3.05) is 4.90 Å². The summed E-state index contributed by atoms with van der Waals surface area (Å²) < 4.78 is 0.951. The first kappa shape index (κ1) is 21.2. The summed E-state index contributed by atoms with van der Waals surface area (Å²) in [6, 6.07) is 11.8. The van der Waals surface area contributed by atoms with E-state index < -0.39 is 5.92 Å². The molecule has 7 heteroatoms. The number of allylic oxidation sites excluding steroid dienone is 3. The van der Waals surface area contributed by atoms with E-state index in [2.05, 4.69) is 35.8 Å². The predicted molar refractivity (Wildman–Crippen MR) is 125 cm³/mol. The Kier molecular flexibility index (Phi) is 5.34. The van der Waals surface area contributed by atoms with E-state index in [1.54, 1.807) is 0 Å². The first-order chi connectivity index (χ1) is 14.1. The number of rotatable bonds is 2. The zero-order chi connectivity index (χ0) is 21.8. The van der Waals surface area contributed by atoms with E-state index in [9.17, 15) is 10.1 Å². The molecule has 0 amide bonds. The second kappa shape index (κ2) is 7.56. The second-order valence-electron chi connectivity index (χ2n) is 8.55. The summed E-state index contributed by atoms with van der Waals surface area (Å²) in [5, 5.41) is 10.7. The summed E-state index contributed by atoms with van der Waals surface area (Å²) in [5.74, 6) is -0.0111. The zero-order valence-corrected chi connectivity index (χ0v) is 20.1. The van der Waals surface area contributed by atoms with E-state index in [0.29, 0.717) is 34.8 Å². The van der Waals surface area contributed by atoms with Crippen LogP contribution >= 0.6 is 38.9 Å². The topological polar surface area (TPSA) is 70.1 Å². The largest absolute Gasteiger partial charge is 0.384 e. The quantitative estimate of drug-likeness (QED) is 0.515. The Balaban J connectivity index is 2.03. The average molecular weight is 503 g/mol. The van der Waals surface area contributed by atoms with Gasteiger partial charge in [-0.2, -0.15) is 5.26 Å². The molecule has 0 bridgehead atoms. The highest BCUT2D eigenvalue weighted by atomic mass is 79.9. The Hall–Kier alpha value is -2.07. The number of aryl methyl sites for hydroxylation is 1. The number of anilines is 1. The number of hydrogen-bond acceptors (Lipinski definition) is 5. The van der Waals surface area contributed by atoms with Gasteiger partial charge >= 0.3 is 0 Å². The van der Waals surface area contributed by atoms with Crippen LogP contribution < -0.4 is 10.6 Å². The van der Waals surface area contributed by atoms with Gasteiger partial charge in [-0.25, -0.2) is 0 Å². The smallest absolute Gasteiger partial charge is 0.162 e. The third-order valence-corrected chi connectivity index (χ3v) is 7.60. The first-order valence-electron chi connectivity index (χ1n) is 9.60. The van der Waals surface area contributed by atoms with Crippen LogP contribution in [-0.4, -0.2) is 5.78 Å². The molecular weight excluding hydrogens is 482 g/mol. The van der Waals surface area contributed by atoms with Gasteiger partial charge in [-0.15, -0.1) is 11.3 Å². The predicted octanol–water partition coefficient (Wildman–Crippen LogP) is 6.41. The molecule has 1 aromatic carbocycles. The van der Waals surface area contributed by atoms with E-state index in [-0.39, 0.29) is 11.2 Å². The molecule has 2 N–H and O–H groups in total. The highest BCUT2D eigenvalue weighted by Gasteiger charge is 2.45. The van der Waals surface area contributed by atoms with Crippen molar-refractivity contribution < 1.29 is 4.79 Å². The molecule has 2 aromatic rings. The van der Waals surface area contributed by atoms with Gasteiger partial charge < -0.3 is 5.73 Å². The van der Waals surface area contributed by atoms with Crippen molar-refractivity contribution in [3.8, 4) is 6.07 Å². The Morgan fingerprint density at radius 3 is 2.67 bits per heavy atom. The van der Waals surface area contributed by atoms with Crippen molar-refractivity contribution in [3.63, 3.8) is 0 Å². The van der Waals surface area contributed by atoms with Gasteiger partial charge in [0.1, 0.15) is 5.82 Å². The fraction of sp³-hybridized carbons (Fsp3) is 0.304. The monoisotopic (exact) mass is 501 g/mol. The minimum absolute atomic E-state index is 0.0701. The molecule has 2 aliphatic rings. The molecule has 0 radical (unpaired) electrons. The second-order valence-corrected chi connectivity index (χ2v) is 11.5. The molecular formula is C23H21BrClN3OS. The van der Waals surface area contributed by atoms with Crippen molar-refractivity contribution in [1.82, 2.24) is 0 Å². The third kappa shape index (κ3) is 3.49. The average Bonchev–Trinajstić information content (AvgIpc) is 3.08. The molecule has 0 saturated carbocycles. The molecule has 4 rings (SSSR count). The van der Waals surface area contributed by atoms with Crippen LogP contribution in [0.25, 0.3) is 0 Å². The van der Waals surface area contributed by atoms with Gasteiger partial charge in [-0.1, -0.05) is 31.5 Å². The van der Waals surface area contributed by atoms with Crippen molar-refractivity contribution >= 4 is 50.3 Å². The minimum atomic E-state index is -0.444. The number of halogens is 2. The normalized spacial score (nSPS) is 21.0. The first-order valence-corrected chi connectivity index (χ1v) is 11.6. The molecule has 0 saturated heterocycles. The number of nitriles is 1. The van der Waals surface area contributed by atoms with Crippen LogP contribution in [0.1, 0.15) is 43.0 Å². The molecule has 30 heavy (non-hydrogen) atoms. The summed E-state index contributed by atoms with van der Waals surface area (Å²) in [7, 11) is 0. The number of hydrogen-bond donors (Lipinski definition) is 1. The standard InChI is InChI=1S/C23H21BrClN3OS/c1-12-4-5-13(25)8-15(12)28-16-9-23(2,3)10-17(29)21(16)20(14(11-26)22(28)27)18-6-7-19(24)30-18/h4-8,20H,9-10,27H2,1-3H3. The minimum Gasteiger partial charge on any atom is -0.384 e. The number of Topliss-reactive ketones (excluding diaryl/α,β-unsaturated/α-hetero) is 1. The van der Waals surface area contributed by atoms with Crippen LogP contribution in [0.3, 0.4) is 0 Å². The van der Waals surface area contributed by atoms with Crippen LogP contribution in [-0.2, 0) is 4.79 Å². The summed E-state index contributed by atoms with van der Waals surface area (Å²) in [6.45, 7) is 6.16. The van der Waals surface area contributed by atoms with Gasteiger partial charge in [0.15, 0.2) is 5.78 Å². The number of nitrogens with two attached hydrogens (primary N) is 1. The maximum absolute atomic E-state index is 13.4. The van der Waals surface area contributed by atoms with Gasteiger partial charge in [0.2, 0.25) is 0 Å². The van der Waals surface area contributed by atoms with Crippen LogP contribution in [0, 0.1) is 23.7 Å². The molecule has 1 atom stereocenters. The molecule has 0 fully saturated rings. The fourth-order valence-electron chi connectivity index (χ4n) is 4.38. The molecule has 1 aliphatic heterocycles. The molecule has 1 unspecified atom stereocenters. The lowest BCUT2D eigenvalue weighted by Gasteiger charge is -2.44. The third-order valence-electron chi connectivity index (χ3n) is 5.67. The maximum Gasteiger partial charge on any atom is 0.162 e. The van der Waals surface area contributed by atoms with Crippen molar-refractivity contribution in [3.05, 3.63) is 72.2 Å². The molecule has 2 heterocycles. The maximum atomic E-state index is 13.4. The van der Waals surface area contributed by atoms with E-state index in [1.165, 1.54) is 11.3 Å².